The SMILES string of the molecule is CC1(C)CC(O)(C2=CCCCCC2)C(C)(C)O1. The van der Waals surface area contributed by atoms with Crippen molar-refractivity contribution in [1.82, 2.24) is 0 Å². The van der Waals surface area contributed by atoms with Gasteiger partial charge < -0.3 is 9.84 Å². The van der Waals surface area contributed by atoms with E-state index >= 15 is 0 Å². The predicted molar refractivity (Wildman–Crippen MR) is 70.0 cm³/mol. The van der Waals surface area contributed by atoms with E-state index in [0.717, 1.165) is 12.8 Å². The number of hydrogen-bond donors (Lipinski definition) is 1. The van der Waals surface area contributed by atoms with Gasteiger partial charge in [-0.05, 0) is 59.0 Å². The van der Waals surface area contributed by atoms with Crippen LogP contribution >= 0.6 is 0 Å². The highest BCUT2D eigenvalue weighted by molar-refractivity contribution is 5.27. The van der Waals surface area contributed by atoms with E-state index in [-0.39, 0.29) is 5.60 Å². The Balaban J connectivity index is 2.31. The van der Waals surface area contributed by atoms with E-state index < -0.39 is 11.2 Å². The molecule has 1 heterocycles. The van der Waals surface area contributed by atoms with Crippen LogP contribution in [0.5, 0.6) is 0 Å². The van der Waals surface area contributed by atoms with Gasteiger partial charge in [-0.25, -0.2) is 0 Å². The van der Waals surface area contributed by atoms with Crippen LogP contribution in [0.25, 0.3) is 0 Å². The zero-order valence-electron chi connectivity index (χ0n) is 11.7. The number of hydrogen-bond acceptors (Lipinski definition) is 2. The molecule has 17 heavy (non-hydrogen) atoms. The molecule has 2 heteroatoms. The van der Waals surface area contributed by atoms with Gasteiger partial charge in [0.15, 0.2) is 0 Å². The third-order valence-electron chi connectivity index (χ3n) is 4.28. The second kappa shape index (κ2) is 4.10. The first-order valence-electron chi connectivity index (χ1n) is 6.89. The maximum absolute atomic E-state index is 11.1. The lowest BCUT2D eigenvalue weighted by atomic mass is 9.75. The van der Waals surface area contributed by atoms with E-state index in [1.165, 1.54) is 24.8 Å². The molecule has 0 aromatic heterocycles. The lowest BCUT2D eigenvalue weighted by Gasteiger charge is -2.37. The Morgan fingerprint density at radius 1 is 1.12 bits per heavy atom. The molecular formula is C15H26O2. The van der Waals surface area contributed by atoms with Gasteiger partial charge in [-0.15, -0.1) is 0 Å². The summed E-state index contributed by atoms with van der Waals surface area (Å²) in [4.78, 5) is 0. The molecule has 0 radical (unpaired) electrons. The fourth-order valence-corrected chi connectivity index (χ4v) is 3.53. The molecule has 1 aliphatic carbocycles. The minimum Gasteiger partial charge on any atom is -0.382 e. The van der Waals surface area contributed by atoms with Gasteiger partial charge in [0.1, 0.15) is 5.60 Å². The van der Waals surface area contributed by atoms with Gasteiger partial charge in [-0.2, -0.15) is 0 Å². The molecule has 0 aromatic rings. The summed E-state index contributed by atoms with van der Waals surface area (Å²) >= 11 is 0. The Labute approximate surface area is 105 Å². The number of ether oxygens (including phenoxy) is 1. The summed E-state index contributed by atoms with van der Waals surface area (Å²) in [5.41, 5.74) is -0.274. The molecule has 1 aliphatic heterocycles. The van der Waals surface area contributed by atoms with Gasteiger partial charge in [-0.1, -0.05) is 12.5 Å². The monoisotopic (exact) mass is 238 g/mol. The molecule has 0 spiro atoms. The minimum absolute atomic E-state index is 0.231. The summed E-state index contributed by atoms with van der Waals surface area (Å²) < 4.78 is 6.05. The van der Waals surface area contributed by atoms with Crippen molar-refractivity contribution in [3.63, 3.8) is 0 Å². The molecule has 0 bridgehead atoms. The number of allylic oxidation sites excluding steroid dienone is 1. The van der Waals surface area contributed by atoms with Gasteiger partial charge in [0, 0.05) is 6.42 Å². The second-order valence-corrected chi connectivity index (χ2v) is 6.74. The third kappa shape index (κ3) is 2.30. The zero-order valence-corrected chi connectivity index (χ0v) is 11.7. The lowest BCUT2D eigenvalue weighted by Crippen LogP contribution is -2.47. The molecule has 1 N–H and O–H groups in total. The molecule has 0 amide bonds. The first-order valence-corrected chi connectivity index (χ1v) is 6.89. The van der Waals surface area contributed by atoms with E-state index in [1.807, 2.05) is 13.8 Å². The first kappa shape index (κ1) is 13.1. The smallest absolute Gasteiger partial charge is 0.117 e. The first-order chi connectivity index (χ1) is 7.77. The summed E-state index contributed by atoms with van der Waals surface area (Å²) in [5, 5.41) is 11.1. The second-order valence-electron chi connectivity index (χ2n) is 6.74. The maximum atomic E-state index is 11.1. The molecule has 98 valence electrons. The van der Waals surface area contributed by atoms with Crippen molar-refractivity contribution in [3.8, 4) is 0 Å². The summed E-state index contributed by atoms with van der Waals surface area (Å²) in [5.74, 6) is 0. The van der Waals surface area contributed by atoms with Gasteiger partial charge in [-0.3, -0.25) is 0 Å². The molecule has 1 unspecified atom stereocenters. The molecule has 2 aliphatic rings. The summed E-state index contributed by atoms with van der Waals surface area (Å²) in [6.07, 6.45) is 8.83. The van der Waals surface area contributed by atoms with Crippen molar-refractivity contribution in [2.24, 2.45) is 0 Å². The van der Waals surface area contributed by atoms with Crippen LogP contribution in [0.3, 0.4) is 0 Å². The van der Waals surface area contributed by atoms with Crippen LogP contribution in [0.15, 0.2) is 11.6 Å². The van der Waals surface area contributed by atoms with Crippen LogP contribution in [-0.2, 0) is 4.74 Å². The van der Waals surface area contributed by atoms with Crippen LogP contribution in [0.4, 0.5) is 0 Å². The molecule has 1 fully saturated rings. The highest BCUT2D eigenvalue weighted by Crippen LogP contribution is 2.50. The van der Waals surface area contributed by atoms with Crippen LogP contribution in [0.2, 0.25) is 0 Å². The van der Waals surface area contributed by atoms with E-state index in [2.05, 4.69) is 19.9 Å². The normalized spacial score (nSPS) is 36.4. The van der Waals surface area contributed by atoms with Gasteiger partial charge >= 0.3 is 0 Å². The molecule has 0 aromatic carbocycles. The van der Waals surface area contributed by atoms with Gasteiger partial charge in [0.05, 0.1) is 11.2 Å². The Hall–Kier alpha value is -0.340. The average Bonchev–Trinajstić information content (AvgIpc) is 2.40. The Bertz CT molecular complexity index is 328. The fourth-order valence-electron chi connectivity index (χ4n) is 3.53. The van der Waals surface area contributed by atoms with Crippen molar-refractivity contribution in [1.29, 1.82) is 0 Å². The van der Waals surface area contributed by atoms with Crippen LogP contribution < -0.4 is 0 Å². The molecule has 1 saturated heterocycles. The van der Waals surface area contributed by atoms with Crippen molar-refractivity contribution in [2.75, 3.05) is 0 Å². The lowest BCUT2D eigenvalue weighted by molar-refractivity contribution is -0.113. The topological polar surface area (TPSA) is 29.5 Å². The van der Waals surface area contributed by atoms with Crippen LogP contribution in [0, 0.1) is 0 Å². The van der Waals surface area contributed by atoms with E-state index in [1.54, 1.807) is 0 Å². The zero-order chi connectivity index (χ0) is 12.7. The molecule has 1 atom stereocenters. The van der Waals surface area contributed by atoms with Crippen molar-refractivity contribution < 1.29 is 9.84 Å². The summed E-state index contributed by atoms with van der Waals surface area (Å²) in [7, 11) is 0. The average molecular weight is 238 g/mol. The van der Waals surface area contributed by atoms with Crippen molar-refractivity contribution in [3.05, 3.63) is 11.6 Å². The molecule has 2 rings (SSSR count). The van der Waals surface area contributed by atoms with E-state index in [9.17, 15) is 5.11 Å². The third-order valence-corrected chi connectivity index (χ3v) is 4.28. The largest absolute Gasteiger partial charge is 0.382 e. The number of aliphatic hydroxyl groups is 1. The highest BCUT2D eigenvalue weighted by Gasteiger charge is 2.57. The van der Waals surface area contributed by atoms with Gasteiger partial charge in [0.25, 0.3) is 0 Å². The fraction of sp³-hybridized carbons (Fsp3) is 0.867. The molecule has 0 saturated carbocycles. The van der Waals surface area contributed by atoms with Crippen LogP contribution in [-0.4, -0.2) is 21.9 Å². The van der Waals surface area contributed by atoms with Crippen molar-refractivity contribution in [2.45, 2.75) is 83.0 Å². The quantitative estimate of drug-likeness (QED) is 0.707. The Kier molecular flexibility index (Phi) is 3.16. The number of rotatable bonds is 1. The minimum atomic E-state index is -0.777. The van der Waals surface area contributed by atoms with E-state index in [4.69, 9.17) is 4.74 Å². The predicted octanol–water partition coefficient (Wildman–Crippen LogP) is 3.59. The van der Waals surface area contributed by atoms with Crippen molar-refractivity contribution >= 4 is 0 Å². The molecular weight excluding hydrogens is 212 g/mol. The molecule has 2 nitrogen and oxygen atoms in total. The maximum Gasteiger partial charge on any atom is 0.117 e. The standard InChI is InChI=1S/C15H26O2/c1-13(2)11-15(16,14(3,4)17-13)12-9-7-5-6-8-10-12/h9,16H,5-8,10-11H2,1-4H3. The summed E-state index contributed by atoms with van der Waals surface area (Å²) in [6.45, 7) is 8.19. The summed E-state index contributed by atoms with van der Waals surface area (Å²) in [6, 6.07) is 0. The Morgan fingerprint density at radius 3 is 2.41 bits per heavy atom. The Morgan fingerprint density at radius 2 is 1.82 bits per heavy atom. The van der Waals surface area contributed by atoms with Gasteiger partial charge in [0.2, 0.25) is 0 Å². The van der Waals surface area contributed by atoms with E-state index in [0.29, 0.717) is 6.42 Å². The van der Waals surface area contributed by atoms with Crippen LogP contribution in [0.1, 0.15) is 66.2 Å². The highest BCUT2D eigenvalue weighted by atomic mass is 16.5.